The Balaban J connectivity index is 1.51. The minimum Gasteiger partial charge on any atom is -0.361 e. The van der Waals surface area contributed by atoms with Crippen LogP contribution in [0.15, 0.2) is 36.7 Å². The number of halogens is 1. The van der Waals surface area contributed by atoms with Crippen LogP contribution in [-0.2, 0) is 9.59 Å². The number of hydrogen-bond donors (Lipinski definition) is 3. The molecule has 3 aromatic rings. The number of H-pyrrole nitrogens is 1. The first-order valence-electron chi connectivity index (χ1n) is 8.97. The van der Waals surface area contributed by atoms with E-state index in [2.05, 4.69) is 20.3 Å². The quantitative estimate of drug-likeness (QED) is 0.584. The number of nitrogens with zero attached hydrogens (tertiary/aromatic N) is 3. The van der Waals surface area contributed by atoms with Gasteiger partial charge in [-0.1, -0.05) is 29.8 Å². The number of anilines is 1. The molecule has 1 aromatic carbocycles. The molecule has 1 aliphatic heterocycles. The number of benzene rings is 1. The fourth-order valence-corrected chi connectivity index (χ4v) is 3.65. The van der Waals surface area contributed by atoms with Crippen LogP contribution in [0.25, 0.3) is 22.2 Å². The van der Waals surface area contributed by atoms with Gasteiger partial charge in [0.15, 0.2) is 0 Å². The lowest BCUT2D eigenvalue weighted by Gasteiger charge is -2.31. The molecule has 8 nitrogen and oxygen atoms in total. The number of rotatable bonds is 3. The standard InChI is InChI=1S/C19H19ClN6O2/c20-14-10-23-19(24-11-5-7-26(8-6-11)18(28)17(21)27)25-16(14)13-9-22-15-4-2-1-3-12(13)15/h1-4,9-11,22H,5-8H2,(H2,21,27)(H,23,24,25). The number of piperidine rings is 1. The molecule has 9 heteroatoms. The van der Waals surface area contributed by atoms with Gasteiger partial charge in [0.25, 0.3) is 0 Å². The van der Waals surface area contributed by atoms with Crippen LogP contribution < -0.4 is 11.1 Å². The first-order valence-corrected chi connectivity index (χ1v) is 9.35. The zero-order chi connectivity index (χ0) is 19.7. The number of nitrogens with one attached hydrogen (secondary N) is 2. The van der Waals surface area contributed by atoms with Crippen LogP contribution in [0.5, 0.6) is 0 Å². The van der Waals surface area contributed by atoms with Gasteiger partial charge >= 0.3 is 11.8 Å². The fraction of sp³-hybridized carbons (Fsp3) is 0.263. The number of hydrogen-bond acceptors (Lipinski definition) is 5. The second kappa shape index (κ2) is 7.47. The van der Waals surface area contributed by atoms with Crippen LogP contribution in [0.2, 0.25) is 5.02 Å². The topological polar surface area (TPSA) is 117 Å². The maximum absolute atomic E-state index is 11.7. The third-order valence-corrected chi connectivity index (χ3v) is 5.19. The first kappa shape index (κ1) is 18.2. The molecular formula is C19H19ClN6O2. The van der Waals surface area contributed by atoms with Gasteiger partial charge in [-0.3, -0.25) is 9.59 Å². The third-order valence-electron chi connectivity index (χ3n) is 4.91. The van der Waals surface area contributed by atoms with Gasteiger partial charge in [0, 0.05) is 41.8 Å². The summed E-state index contributed by atoms with van der Waals surface area (Å²) in [6.45, 7) is 0.921. The van der Waals surface area contributed by atoms with E-state index < -0.39 is 11.8 Å². The van der Waals surface area contributed by atoms with E-state index in [1.54, 1.807) is 6.20 Å². The van der Waals surface area contributed by atoms with E-state index >= 15 is 0 Å². The van der Waals surface area contributed by atoms with Crippen molar-refractivity contribution in [2.75, 3.05) is 18.4 Å². The molecule has 1 saturated heterocycles. The Morgan fingerprint density at radius 2 is 2.00 bits per heavy atom. The summed E-state index contributed by atoms with van der Waals surface area (Å²) in [6, 6.07) is 8.03. The molecule has 0 atom stereocenters. The Morgan fingerprint density at radius 1 is 1.25 bits per heavy atom. The summed E-state index contributed by atoms with van der Waals surface area (Å²) in [7, 11) is 0. The predicted octanol–water partition coefficient (Wildman–Crippen LogP) is 2.17. The van der Waals surface area contributed by atoms with Crippen molar-refractivity contribution in [2.45, 2.75) is 18.9 Å². The van der Waals surface area contributed by atoms with E-state index in [4.69, 9.17) is 17.3 Å². The Morgan fingerprint density at radius 3 is 2.75 bits per heavy atom. The van der Waals surface area contributed by atoms with Gasteiger partial charge < -0.3 is 20.9 Å². The summed E-state index contributed by atoms with van der Waals surface area (Å²) in [5.74, 6) is -1.08. The zero-order valence-electron chi connectivity index (χ0n) is 15.0. The summed E-state index contributed by atoms with van der Waals surface area (Å²) in [6.07, 6.45) is 4.82. The van der Waals surface area contributed by atoms with Gasteiger partial charge in [-0.25, -0.2) is 9.97 Å². The number of likely N-dealkylation sites (tertiary alicyclic amines) is 1. The first-order chi connectivity index (χ1) is 13.5. The molecule has 4 N–H and O–H groups in total. The molecule has 2 amide bonds. The average molecular weight is 399 g/mol. The highest BCUT2D eigenvalue weighted by atomic mass is 35.5. The maximum atomic E-state index is 11.7. The number of carbonyl (C=O) groups is 2. The fourth-order valence-electron chi connectivity index (χ4n) is 3.46. The van der Waals surface area contributed by atoms with Gasteiger partial charge in [-0.2, -0.15) is 0 Å². The van der Waals surface area contributed by atoms with Gasteiger partial charge in [0.1, 0.15) is 0 Å². The van der Waals surface area contributed by atoms with Gasteiger partial charge in [-0.15, -0.1) is 0 Å². The van der Waals surface area contributed by atoms with Crippen LogP contribution in [0, 0.1) is 0 Å². The molecule has 1 fully saturated rings. The molecule has 28 heavy (non-hydrogen) atoms. The molecule has 0 aliphatic carbocycles. The summed E-state index contributed by atoms with van der Waals surface area (Å²) in [5, 5.41) is 4.81. The molecule has 144 valence electrons. The van der Waals surface area contributed by atoms with E-state index in [0.717, 1.165) is 16.5 Å². The number of amides is 2. The van der Waals surface area contributed by atoms with E-state index in [1.165, 1.54) is 4.90 Å². The minimum atomic E-state index is -0.921. The van der Waals surface area contributed by atoms with E-state index in [0.29, 0.717) is 42.6 Å². The monoisotopic (exact) mass is 398 g/mol. The van der Waals surface area contributed by atoms with Crippen molar-refractivity contribution in [2.24, 2.45) is 5.73 Å². The van der Waals surface area contributed by atoms with Crippen molar-refractivity contribution in [1.29, 1.82) is 0 Å². The number of carbonyl (C=O) groups excluding carboxylic acids is 2. The second-order valence-corrected chi connectivity index (χ2v) is 7.12. The molecular weight excluding hydrogens is 380 g/mol. The maximum Gasteiger partial charge on any atom is 0.311 e. The van der Waals surface area contributed by atoms with E-state index in [-0.39, 0.29) is 6.04 Å². The molecule has 2 aromatic heterocycles. The summed E-state index contributed by atoms with van der Waals surface area (Å²) in [4.78, 5) is 36.3. The highest BCUT2D eigenvalue weighted by Gasteiger charge is 2.26. The van der Waals surface area contributed by atoms with Gasteiger partial charge in [0.05, 0.1) is 16.9 Å². The normalized spacial score (nSPS) is 15.0. The molecule has 4 rings (SSSR count). The van der Waals surface area contributed by atoms with Crippen LogP contribution >= 0.6 is 11.6 Å². The number of aromatic nitrogens is 3. The lowest BCUT2D eigenvalue weighted by molar-refractivity contribution is -0.144. The summed E-state index contributed by atoms with van der Waals surface area (Å²) < 4.78 is 0. The van der Waals surface area contributed by atoms with Gasteiger partial charge in [0.2, 0.25) is 5.95 Å². The van der Waals surface area contributed by atoms with Crippen molar-refractivity contribution in [3.8, 4) is 11.3 Å². The largest absolute Gasteiger partial charge is 0.361 e. The molecule has 1 aliphatic rings. The van der Waals surface area contributed by atoms with Crippen molar-refractivity contribution in [3.63, 3.8) is 0 Å². The second-order valence-electron chi connectivity index (χ2n) is 6.71. The molecule has 0 radical (unpaired) electrons. The highest BCUT2D eigenvalue weighted by Crippen LogP contribution is 2.32. The van der Waals surface area contributed by atoms with Gasteiger partial charge in [-0.05, 0) is 18.9 Å². The van der Waals surface area contributed by atoms with Crippen molar-refractivity contribution in [1.82, 2.24) is 19.9 Å². The predicted molar refractivity (Wildman–Crippen MR) is 107 cm³/mol. The Bertz CT molecular complexity index is 1040. The number of aromatic amines is 1. The third kappa shape index (κ3) is 3.50. The Kier molecular flexibility index (Phi) is 4.87. The smallest absolute Gasteiger partial charge is 0.311 e. The van der Waals surface area contributed by atoms with E-state index in [9.17, 15) is 9.59 Å². The van der Waals surface area contributed by atoms with Crippen LogP contribution in [-0.4, -0.2) is 50.8 Å². The van der Waals surface area contributed by atoms with Crippen molar-refractivity contribution in [3.05, 3.63) is 41.7 Å². The SMILES string of the molecule is NC(=O)C(=O)N1CCC(Nc2ncc(Cl)c(-c3c[nH]c4ccccc34)n2)CC1. The highest BCUT2D eigenvalue weighted by molar-refractivity contribution is 6.34. The van der Waals surface area contributed by atoms with E-state index in [1.807, 2.05) is 30.5 Å². The summed E-state index contributed by atoms with van der Waals surface area (Å²) >= 11 is 6.36. The zero-order valence-corrected chi connectivity index (χ0v) is 15.7. The molecule has 3 heterocycles. The number of para-hydroxylation sites is 1. The minimum absolute atomic E-state index is 0.0916. The molecule has 0 unspecified atom stereocenters. The lowest BCUT2D eigenvalue weighted by Crippen LogP contribution is -2.47. The van der Waals surface area contributed by atoms with Crippen molar-refractivity contribution >= 4 is 40.3 Å². The molecule has 0 bridgehead atoms. The lowest BCUT2D eigenvalue weighted by atomic mass is 10.1. The van der Waals surface area contributed by atoms with Crippen LogP contribution in [0.4, 0.5) is 5.95 Å². The van der Waals surface area contributed by atoms with Crippen LogP contribution in [0.3, 0.4) is 0 Å². The molecule has 0 saturated carbocycles. The summed E-state index contributed by atoms with van der Waals surface area (Å²) in [5.41, 5.74) is 7.63. The van der Waals surface area contributed by atoms with Crippen LogP contribution in [0.1, 0.15) is 12.8 Å². The average Bonchev–Trinajstić information content (AvgIpc) is 3.13. The van der Waals surface area contributed by atoms with Crippen molar-refractivity contribution < 1.29 is 9.59 Å². The number of primary amides is 1. The Labute approximate surface area is 166 Å². The molecule has 0 spiro atoms. The number of nitrogens with two attached hydrogens (primary N) is 1. The number of fused-ring (bicyclic) bond motifs is 1. The Hall–Kier alpha value is -3.13.